The van der Waals surface area contributed by atoms with E-state index in [2.05, 4.69) is 15.6 Å². The van der Waals surface area contributed by atoms with Crippen LogP contribution in [0.4, 0.5) is 13.6 Å². The molecule has 0 bridgehead atoms. The third kappa shape index (κ3) is 6.95. The summed E-state index contributed by atoms with van der Waals surface area (Å²) < 4.78 is 35.7. The second-order valence-corrected chi connectivity index (χ2v) is 11.2. The number of likely N-dealkylation sites (tertiary alicyclic amines) is 1. The van der Waals surface area contributed by atoms with Crippen molar-refractivity contribution in [2.24, 2.45) is 0 Å². The third-order valence-corrected chi connectivity index (χ3v) is 8.03. The smallest absolute Gasteiger partial charge is 0.410 e. The first-order valence-electron chi connectivity index (χ1n) is 13.4. The van der Waals surface area contributed by atoms with Gasteiger partial charge < -0.3 is 29.9 Å². The summed E-state index contributed by atoms with van der Waals surface area (Å²) in [6.45, 7) is 1.03. The molecule has 0 aliphatic carbocycles. The molecule has 4 aromatic rings. The standard InChI is InChI=1S/C29H28ClF2N5O5S/c1-16(38)22-12-36(24-8-20(5-6-21(22)24)42-29(41)34-10-19-14-43-15-35-19)13-26(39)37-11-18(31)7-25(37)28(40)33-9-17-3-2-4-23(30)27(17)32/h2-6,8,12,14-16,18,25,38H,7,9-11,13H2,1H3,(H,33,40)(H,34,41)/t16?,18-,25+/m1/s1. The number of hydrogen-bond donors (Lipinski definition) is 3. The molecule has 3 N–H and O–H groups in total. The second-order valence-electron chi connectivity index (χ2n) is 10.1. The van der Waals surface area contributed by atoms with Crippen molar-refractivity contribution in [3.05, 3.63) is 81.1 Å². The molecule has 10 nitrogen and oxygen atoms in total. The minimum absolute atomic E-state index is 0.0893. The van der Waals surface area contributed by atoms with Crippen LogP contribution in [0.2, 0.25) is 5.02 Å². The quantitative estimate of drug-likeness (QED) is 0.250. The number of fused-ring (bicyclic) bond motifs is 1. The van der Waals surface area contributed by atoms with Crippen LogP contribution in [0, 0.1) is 5.82 Å². The maximum atomic E-state index is 14.5. The number of alkyl halides is 1. The van der Waals surface area contributed by atoms with Crippen molar-refractivity contribution < 1.29 is 33.0 Å². The molecule has 5 rings (SSSR count). The van der Waals surface area contributed by atoms with Crippen molar-refractivity contribution in [2.45, 2.75) is 51.3 Å². The highest BCUT2D eigenvalue weighted by atomic mass is 35.5. The summed E-state index contributed by atoms with van der Waals surface area (Å²) in [6, 6.07) is 8.10. The fourth-order valence-corrected chi connectivity index (χ4v) is 5.74. The summed E-state index contributed by atoms with van der Waals surface area (Å²) in [5.41, 5.74) is 3.52. The van der Waals surface area contributed by atoms with E-state index in [1.54, 1.807) is 52.8 Å². The summed E-state index contributed by atoms with van der Waals surface area (Å²) >= 11 is 7.21. The van der Waals surface area contributed by atoms with Crippen molar-refractivity contribution >= 4 is 51.7 Å². The Morgan fingerprint density at radius 1 is 1.23 bits per heavy atom. The van der Waals surface area contributed by atoms with Crippen LogP contribution in [0.1, 0.15) is 36.3 Å². The van der Waals surface area contributed by atoms with Gasteiger partial charge in [-0.1, -0.05) is 23.7 Å². The van der Waals surface area contributed by atoms with Gasteiger partial charge in [-0.3, -0.25) is 9.59 Å². The Hall–Kier alpha value is -4.07. The van der Waals surface area contributed by atoms with Gasteiger partial charge in [0.2, 0.25) is 11.8 Å². The number of ether oxygens (including phenoxy) is 1. The average molecular weight is 632 g/mol. The first-order valence-corrected chi connectivity index (χ1v) is 14.7. The SMILES string of the molecule is CC(O)c1cn(CC(=O)N2C[C@H](F)C[C@H]2C(=O)NCc2cccc(Cl)c2F)c2cc(OC(=O)NCc3cscn3)ccc12. The molecule has 1 unspecified atom stereocenters. The Morgan fingerprint density at radius 3 is 2.79 bits per heavy atom. The van der Waals surface area contributed by atoms with Gasteiger partial charge in [0.15, 0.2) is 0 Å². The van der Waals surface area contributed by atoms with Gasteiger partial charge in [0.1, 0.15) is 30.3 Å². The number of aliphatic hydroxyl groups is 1. The van der Waals surface area contributed by atoms with Crippen LogP contribution >= 0.6 is 22.9 Å². The molecular weight excluding hydrogens is 604 g/mol. The predicted molar refractivity (Wildman–Crippen MR) is 156 cm³/mol. The minimum Gasteiger partial charge on any atom is -0.410 e. The maximum absolute atomic E-state index is 14.5. The van der Waals surface area contributed by atoms with Crippen LogP contribution in [0.5, 0.6) is 5.75 Å². The molecule has 1 aliphatic rings. The van der Waals surface area contributed by atoms with Crippen LogP contribution < -0.4 is 15.4 Å². The van der Waals surface area contributed by atoms with Crippen molar-refractivity contribution in [1.29, 1.82) is 0 Å². The van der Waals surface area contributed by atoms with Crippen molar-refractivity contribution in [3.8, 4) is 5.75 Å². The summed E-state index contributed by atoms with van der Waals surface area (Å²) in [6.07, 6.45) is -1.59. The molecule has 0 radical (unpaired) electrons. The minimum atomic E-state index is -1.42. The van der Waals surface area contributed by atoms with Gasteiger partial charge in [-0.15, -0.1) is 11.3 Å². The van der Waals surface area contributed by atoms with Gasteiger partial charge in [-0.25, -0.2) is 18.6 Å². The number of nitrogens with zero attached hydrogens (tertiary/aromatic N) is 3. The second kappa shape index (κ2) is 13.1. The molecule has 0 saturated carbocycles. The average Bonchev–Trinajstić information content (AvgIpc) is 3.72. The number of carbonyl (C=O) groups excluding carboxylic acids is 3. The van der Waals surface area contributed by atoms with Gasteiger partial charge in [-0.05, 0) is 25.1 Å². The molecule has 3 atom stereocenters. The molecule has 3 heterocycles. The number of nitrogens with one attached hydrogen (secondary N) is 2. The molecular formula is C29H28ClF2N5O5S. The molecule has 14 heteroatoms. The van der Waals surface area contributed by atoms with Crippen LogP contribution in [-0.2, 0) is 29.2 Å². The Bertz CT molecular complexity index is 1650. The number of aromatic nitrogens is 2. The summed E-state index contributed by atoms with van der Waals surface area (Å²) in [7, 11) is 0. The monoisotopic (exact) mass is 631 g/mol. The number of benzene rings is 2. The topological polar surface area (TPSA) is 126 Å². The normalized spacial score (nSPS) is 17.2. The van der Waals surface area contributed by atoms with Gasteiger partial charge in [0.05, 0.1) is 40.9 Å². The molecule has 3 amide bonds. The summed E-state index contributed by atoms with van der Waals surface area (Å²) in [5, 5.41) is 17.9. The lowest BCUT2D eigenvalue weighted by Gasteiger charge is -2.24. The molecule has 1 fully saturated rings. The number of hydrogen-bond acceptors (Lipinski definition) is 7. The van der Waals surface area contributed by atoms with Crippen LogP contribution in [-0.4, -0.2) is 56.2 Å². The number of thiazole rings is 1. The van der Waals surface area contributed by atoms with Gasteiger partial charge in [-0.2, -0.15) is 0 Å². The maximum Gasteiger partial charge on any atom is 0.412 e. The summed E-state index contributed by atoms with van der Waals surface area (Å²) in [5.74, 6) is -1.62. The third-order valence-electron chi connectivity index (χ3n) is 7.11. The fourth-order valence-electron chi connectivity index (χ4n) is 4.99. The van der Waals surface area contributed by atoms with E-state index >= 15 is 0 Å². The van der Waals surface area contributed by atoms with Crippen molar-refractivity contribution in [2.75, 3.05) is 6.54 Å². The molecule has 2 aromatic heterocycles. The Morgan fingerprint density at radius 2 is 2.05 bits per heavy atom. The van der Waals surface area contributed by atoms with Crippen molar-refractivity contribution in [3.63, 3.8) is 0 Å². The molecule has 1 saturated heterocycles. The lowest BCUT2D eigenvalue weighted by atomic mass is 10.1. The van der Waals surface area contributed by atoms with E-state index in [1.807, 2.05) is 0 Å². The molecule has 0 spiro atoms. The zero-order valence-corrected chi connectivity index (χ0v) is 24.5. The number of amides is 3. The van der Waals surface area contributed by atoms with E-state index in [4.69, 9.17) is 16.3 Å². The van der Waals surface area contributed by atoms with Gasteiger partial charge >= 0.3 is 6.09 Å². The number of carbonyl (C=O) groups is 3. The molecule has 43 heavy (non-hydrogen) atoms. The fraction of sp³-hybridized carbons (Fsp3) is 0.310. The first kappa shape index (κ1) is 30.4. The summed E-state index contributed by atoms with van der Waals surface area (Å²) in [4.78, 5) is 44.0. The van der Waals surface area contributed by atoms with Gasteiger partial charge in [0.25, 0.3) is 0 Å². The van der Waals surface area contributed by atoms with Gasteiger partial charge in [0, 0.05) is 47.1 Å². The van der Waals surface area contributed by atoms with Crippen molar-refractivity contribution in [1.82, 2.24) is 25.1 Å². The first-order chi connectivity index (χ1) is 20.6. The molecule has 2 aromatic carbocycles. The van der Waals surface area contributed by atoms with E-state index in [0.717, 1.165) is 4.90 Å². The highest BCUT2D eigenvalue weighted by Crippen LogP contribution is 2.31. The zero-order chi connectivity index (χ0) is 30.7. The highest BCUT2D eigenvalue weighted by molar-refractivity contribution is 7.07. The van der Waals surface area contributed by atoms with E-state index in [0.29, 0.717) is 22.2 Å². The Kier molecular flexibility index (Phi) is 9.23. The van der Waals surface area contributed by atoms with E-state index in [-0.39, 0.29) is 48.9 Å². The molecule has 1 aliphatic heterocycles. The van der Waals surface area contributed by atoms with E-state index in [1.165, 1.54) is 23.5 Å². The largest absolute Gasteiger partial charge is 0.412 e. The highest BCUT2D eigenvalue weighted by Gasteiger charge is 2.39. The van der Waals surface area contributed by atoms with Crippen LogP contribution in [0.25, 0.3) is 10.9 Å². The lowest BCUT2D eigenvalue weighted by Crippen LogP contribution is -2.46. The number of aliphatic hydroxyl groups excluding tert-OH is 1. The van der Waals surface area contributed by atoms with E-state index in [9.17, 15) is 28.3 Å². The van der Waals surface area contributed by atoms with Crippen LogP contribution in [0.15, 0.2) is 53.5 Å². The van der Waals surface area contributed by atoms with Crippen LogP contribution in [0.3, 0.4) is 0 Å². The zero-order valence-electron chi connectivity index (χ0n) is 22.9. The van der Waals surface area contributed by atoms with E-state index < -0.39 is 42.0 Å². The lowest BCUT2D eigenvalue weighted by molar-refractivity contribution is -0.139. The predicted octanol–water partition coefficient (Wildman–Crippen LogP) is 4.49. The Balaban J connectivity index is 1.31. The number of rotatable bonds is 9. The number of halogens is 3. The Labute approximate surface area is 254 Å². The molecule has 226 valence electrons.